The lowest BCUT2D eigenvalue weighted by Crippen LogP contribution is -2.36. The fourth-order valence-corrected chi connectivity index (χ4v) is 2.35. The summed E-state index contributed by atoms with van der Waals surface area (Å²) in [6.07, 6.45) is 4.87. The van der Waals surface area contributed by atoms with Crippen molar-refractivity contribution in [3.05, 3.63) is 35.4 Å². The minimum absolute atomic E-state index is 0.245. The molecule has 0 aliphatic rings. The van der Waals surface area contributed by atoms with Gasteiger partial charge in [-0.3, -0.25) is 0 Å². The van der Waals surface area contributed by atoms with E-state index >= 15 is 0 Å². The Labute approximate surface area is 126 Å². The third-order valence-electron chi connectivity index (χ3n) is 3.30. The highest BCUT2D eigenvalue weighted by Gasteiger charge is 2.11. The number of nitrogens with one attached hydrogen (secondary N) is 1. The van der Waals surface area contributed by atoms with Crippen LogP contribution in [-0.2, 0) is 12.8 Å². The van der Waals surface area contributed by atoms with E-state index in [9.17, 15) is 0 Å². The van der Waals surface area contributed by atoms with Crippen molar-refractivity contribution in [2.75, 3.05) is 6.54 Å². The minimum Gasteiger partial charge on any atom is -0.312 e. The summed E-state index contributed by atoms with van der Waals surface area (Å²) in [5.41, 5.74) is 3.54. The molecule has 1 aromatic carbocycles. The Morgan fingerprint density at radius 3 is 1.85 bits per heavy atom. The summed E-state index contributed by atoms with van der Waals surface area (Å²) in [5.74, 6) is 0. The fourth-order valence-electron chi connectivity index (χ4n) is 2.35. The number of rotatable bonds is 6. The van der Waals surface area contributed by atoms with Gasteiger partial charge in [0.05, 0.1) is 0 Å². The van der Waals surface area contributed by atoms with E-state index in [0.717, 1.165) is 13.0 Å². The van der Waals surface area contributed by atoms with Crippen LogP contribution in [0.15, 0.2) is 24.3 Å². The van der Waals surface area contributed by atoms with Gasteiger partial charge in [-0.2, -0.15) is 0 Å². The number of benzene rings is 1. The predicted molar refractivity (Wildman–Crippen MR) is 90.3 cm³/mol. The Hall–Kier alpha value is -0.820. The van der Waals surface area contributed by atoms with Crippen LogP contribution in [0.4, 0.5) is 0 Å². The summed E-state index contributed by atoms with van der Waals surface area (Å²) in [7, 11) is 0. The molecule has 0 aliphatic heterocycles. The second-order valence-corrected chi connectivity index (χ2v) is 8.19. The van der Waals surface area contributed by atoms with E-state index in [-0.39, 0.29) is 5.54 Å². The molecule has 1 aromatic rings. The van der Waals surface area contributed by atoms with Crippen LogP contribution in [0.5, 0.6) is 0 Å². The quantitative estimate of drug-likeness (QED) is 0.721. The number of hydrogen-bond donors (Lipinski definition) is 1. The van der Waals surface area contributed by atoms with Crippen LogP contribution < -0.4 is 5.32 Å². The summed E-state index contributed by atoms with van der Waals surface area (Å²) >= 11 is 0. The molecular weight excluding hydrogens is 242 g/mol. The first-order valence-corrected chi connectivity index (χ1v) is 7.99. The van der Waals surface area contributed by atoms with Gasteiger partial charge in [-0.15, -0.1) is 0 Å². The van der Waals surface area contributed by atoms with Gasteiger partial charge in [0.1, 0.15) is 0 Å². The number of unbranched alkanes of at least 4 members (excludes halogenated alkanes) is 1. The van der Waals surface area contributed by atoms with E-state index in [1.165, 1.54) is 30.4 Å². The first kappa shape index (κ1) is 17.2. The first-order valence-electron chi connectivity index (χ1n) is 7.99. The molecule has 1 nitrogen and oxygen atoms in total. The van der Waals surface area contributed by atoms with Gasteiger partial charge in [-0.1, -0.05) is 45.0 Å². The second kappa shape index (κ2) is 7.26. The lowest BCUT2D eigenvalue weighted by atomic mass is 9.88. The van der Waals surface area contributed by atoms with Crippen LogP contribution in [0.3, 0.4) is 0 Å². The molecule has 1 heteroatoms. The molecular formula is C19H33N. The zero-order chi connectivity index (χ0) is 15.2. The van der Waals surface area contributed by atoms with Crippen molar-refractivity contribution in [1.29, 1.82) is 0 Å². The molecule has 0 atom stereocenters. The maximum atomic E-state index is 3.54. The van der Waals surface area contributed by atoms with Crippen LogP contribution >= 0.6 is 0 Å². The molecule has 0 radical (unpaired) electrons. The average Bonchev–Trinajstić information content (AvgIpc) is 2.27. The van der Waals surface area contributed by atoms with Crippen molar-refractivity contribution in [2.45, 2.75) is 72.8 Å². The molecule has 0 heterocycles. The zero-order valence-electron chi connectivity index (χ0n) is 14.3. The Kier molecular flexibility index (Phi) is 6.26. The Bertz CT molecular complexity index is 376. The fraction of sp³-hybridized carbons (Fsp3) is 0.684. The molecule has 1 rings (SSSR count). The van der Waals surface area contributed by atoms with Crippen molar-refractivity contribution in [3.63, 3.8) is 0 Å². The molecule has 114 valence electrons. The molecule has 0 amide bonds. The smallest absolute Gasteiger partial charge is 0.00965 e. The summed E-state index contributed by atoms with van der Waals surface area (Å²) in [6.45, 7) is 14.7. The predicted octanol–water partition coefficient (Wildman–Crippen LogP) is 4.99. The molecule has 0 aromatic heterocycles. The zero-order valence-corrected chi connectivity index (χ0v) is 14.3. The molecule has 1 N–H and O–H groups in total. The SMILES string of the molecule is CC(C)(C)Cc1ccc(CCCCNC(C)(C)C)cc1. The number of hydrogen-bond acceptors (Lipinski definition) is 1. The largest absolute Gasteiger partial charge is 0.312 e. The number of aryl methyl sites for hydroxylation is 1. The first-order chi connectivity index (χ1) is 9.16. The Morgan fingerprint density at radius 1 is 0.800 bits per heavy atom. The maximum Gasteiger partial charge on any atom is 0.00965 e. The molecule has 0 spiro atoms. The molecule has 0 aliphatic carbocycles. The van der Waals surface area contributed by atoms with Crippen molar-refractivity contribution in [1.82, 2.24) is 5.32 Å². The third-order valence-corrected chi connectivity index (χ3v) is 3.30. The lowest BCUT2D eigenvalue weighted by molar-refractivity contribution is 0.411. The summed E-state index contributed by atoms with van der Waals surface area (Å²) in [5, 5.41) is 3.54. The summed E-state index contributed by atoms with van der Waals surface area (Å²) < 4.78 is 0. The lowest BCUT2D eigenvalue weighted by Gasteiger charge is -2.20. The van der Waals surface area contributed by atoms with E-state index in [0.29, 0.717) is 5.41 Å². The van der Waals surface area contributed by atoms with Crippen molar-refractivity contribution in [3.8, 4) is 0 Å². The van der Waals surface area contributed by atoms with Crippen LogP contribution in [-0.4, -0.2) is 12.1 Å². The standard InChI is InChI=1S/C19H33N/c1-18(2,3)15-17-12-10-16(11-13-17)9-7-8-14-20-19(4,5)6/h10-13,20H,7-9,14-15H2,1-6H3. The highest BCUT2D eigenvalue weighted by molar-refractivity contribution is 5.23. The highest BCUT2D eigenvalue weighted by Crippen LogP contribution is 2.21. The van der Waals surface area contributed by atoms with Gasteiger partial charge < -0.3 is 5.32 Å². The van der Waals surface area contributed by atoms with E-state index in [2.05, 4.69) is 71.1 Å². The van der Waals surface area contributed by atoms with Gasteiger partial charge in [-0.25, -0.2) is 0 Å². The van der Waals surface area contributed by atoms with Crippen LogP contribution in [0.25, 0.3) is 0 Å². The maximum absolute atomic E-state index is 3.54. The Morgan fingerprint density at radius 2 is 1.35 bits per heavy atom. The topological polar surface area (TPSA) is 12.0 Å². The van der Waals surface area contributed by atoms with Crippen LogP contribution in [0.1, 0.15) is 65.5 Å². The van der Waals surface area contributed by atoms with Gasteiger partial charge in [0.15, 0.2) is 0 Å². The van der Waals surface area contributed by atoms with Gasteiger partial charge in [0.25, 0.3) is 0 Å². The van der Waals surface area contributed by atoms with E-state index < -0.39 is 0 Å². The van der Waals surface area contributed by atoms with E-state index in [4.69, 9.17) is 0 Å². The van der Waals surface area contributed by atoms with Gasteiger partial charge >= 0.3 is 0 Å². The molecule has 0 bridgehead atoms. The van der Waals surface area contributed by atoms with Crippen molar-refractivity contribution >= 4 is 0 Å². The molecule has 0 saturated carbocycles. The van der Waals surface area contributed by atoms with Gasteiger partial charge in [0.2, 0.25) is 0 Å². The third kappa shape index (κ3) is 8.37. The van der Waals surface area contributed by atoms with Crippen LogP contribution in [0.2, 0.25) is 0 Å². The van der Waals surface area contributed by atoms with Crippen molar-refractivity contribution < 1.29 is 0 Å². The summed E-state index contributed by atoms with van der Waals surface area (Å²) in [6, 6.07) is 9.21. The van der Waals surface area contributed by atoms with Crippen molar-refractivity contribution in [2.24, 2.45) is 5.41 Å². The van der Waals surface area contributed by atoms with Crippen LogP contribution in [0, 0.1) is 5.41 Å². The minimum atomic E-state index is 0.245. The monoisotopic (exact) mass is 275 g/mol. The van der Waals surface area contributed by atoms with Gasteiger partial charge in [-0.05, 0) is 69.5 Å². The van der Waals surface area contributed by atoms with E-state index in [1.54, 1.807) is 0 Å². The molecule has 0 fully saturated rings. The van der Waals surface area contributed by atoms with E-state index in [1.807, 2.05) is 0 Å². The highest BCUT2D eigenvalue weighted by atomic mass is 14.9. The Balaban J connectivity index is 2.28. The normalized spacial score (nSPS) is 12.7. The summed E-state index contributed by atoms with van der Waals surface area (Å²) in [4.78, 5) is 0. The molecule has 0 unspecified atom stereocenters. The second-order valence-electron chi connectivity index (χ2n) is 8.19. The average molecular weight is 275 g/mol. The van der Waals surface area contributed by atoms with Gasteiger partial charge in [0, 0.05) is 5.54 Å². The molecule has 20 heavy (non-hydrogen) atoms. The molecule has 0 saturated heterocycles.